The molecule has 0 spiro atoms. The number of unbranched alkanes of at least 4 members (excludes halogenated alkanes) is 1. The zero-order valence-corrected chi connectivity index (χ0v) is 16.1. The number of anilines is 2. The van der Waals surface area contributed by atoms with Gasteiger partial charge in [0.15, 0.2) is 0 Å². The monoisotopic (exact) mass is 340 g/mol. The van der Waals surface area contributed by atoms with Crippen LogP contribution in [0.2, 0.25) is 0 Å². The lowest BCUT2D eigenvalue weighted by Gasteiger charge is -2.18. The first kappa shape index (κ1) is 18.9. The summed E-state index contributed by atoms with van der Waals surface area (Å²) in [5.41, 5.74) is 4.99. The Hall–Kier alpha value is -2.43. The molecular weight excluding hydrogens is 312 g/mol. The largest absolute Gasteiger partial charge is 0.340 e. The topological polar surface area (TPSA) is 58.1 Å². The van der Waals surface area contributed by atoms with Gasteiger partial charge in [0.1, 0.15) is 17.3 Å². The molecule has 1 aromatic carbocycles. The lowest BCUT2D eigenvalue weighted by Crippen LogP contribution is -2.28. The fourth-order valence-electron chi connectivity index (χ4n) is 2.94. The fraction of sp³-hybridized carbons (Fsp3) is 0.450. The smallest absolute Gasteiger partial charge is 0.272 e. The normalized spacial score (nSPS) is 10.6. The summed E-state index contributed by atoms with van der Waals surface area (Å²) in [5, 5.41) is 3.36. The molecule has 25 heavy (non-hydrogen) atoms. The van der Waals surface area contributed by atoms with Gasteiger partial charge < -0.3 is 10.2 Å². The van der Waals surface area contributed by atoms with E-state index in [0.29, 0.717) is 17.3 Å². The minimum atomic E-state index is -0.0700. The highest BCUT2D eigenvalue weighted by Gasteiger charge is 2.15. The molecule has 1 amide bonds. The van der Waals surface area contributed by atoms with Crippen molar-refractivity contribution in [3.8, 4) is 0 Å². The van der Waals surface area contributed by atoms with Crippen molar-refractivity contribution in [3.63, 3.8) is 0 Å². The highest BCUT2D eigenvalue weighted by atomic mass is 16.2. The molecule has 0 aliphatic heterocycles. The molecular formula is C20H28N4O. The van der Waals surface area contributed by atoms with Crippen LogP contribution in [0.1, 0.15) is 52.8 Å². The van der Waals surface area contributed by atoms with Gasteiger partial charge in [-0.25, -0.2) is 9.97 Å². The van der Waals surface area contributed by atoms with Gasteiger partial charge in [-0.2, -0.15) is 0 Å². The molecule has 5 heteroatoms. The summed E-state index contributed by atoms with van der Waals surface area (Å²) in [6.45, 7) is 10.9. The minimum Gasteiger partial charge on any atom is -0.340 e. The Morgan fingerprint density at radius 1 is 1.08 bits per heavy atom. The van der Waals surface area contributed by atoms with E-state index in [1.165, 1.54) is 5.56 Å². The second kappa shape index (κ2) is 8.10. The Balaban J connectivity index is 2.29. The molecule has 0 saturated carbocycles. The minimum absolute atomic E-state index is 0.0700. The third-order valence-electron chi connectivity index (χ3n) is 4.18. The van der Waals surface area contributed by atoms with Crippen molar-refractivity contribution in [2.75, 3.05) is 18.9 Å². The average Bonchev–Trinajstić information content (AvgIpc) is 2.54. The Kier molecular flexibility index (Phi) is 6.12. The van der Waals surface area contributed by atoms with E-state index in [9.17, 15) is 4.79 Å². The lowest BCUT2D eigenvalue weighted by atomic mass is 10.1. The highest BCUT2D eigenvalue weighted by Crippen LogP contribution is 2.25. The number of aryl methyl sites for hydroxylation is 4. The molecule has 0 bridgehead atoms. The van der Waals surface area contributed by atoms with Crippen LogP contribution in [-0.4, -0.2) is 34.4 Å². The third kappa shape index (κ3) is 4.78. The summed E-state index contributed by atoms with van der Waals surface area (Å²) in [4.78, 5) is 23.1. The maximum Gasteiger partial charge on any atom is 0.272 e. The number of carbonyl (C=O) groups is 1. The summed E-state index contributed by atoms with van der Waals surface area (Å²) in [6.07, 6.45) is 2.04. The molecule has 0 atom stereocenters. The molecule has 1 N–H and O–H groups in total. The van der Waals surface area contributed by atoms with Gasteiger partial charge in [-0.05, 0) is 45.2 Å². The van der Waals surface area contributed by atoms with Crippen molar-refractivity contribution in [2.24, 2.45) is 0 Å². The zero-order valence-electron chi connectivity index (χ0n) is 16.1. The number of hydrogen-bond acceptors (Lipinski definition) is 4. The van der Waals surface area contributed by atoms with Gasteiger partial charge in [-0.1, -0.05) is 31.0 Å². The Bertz CT molecular complexity index is 747. The van der Waals surface area contributed by atoms with E-state index in [-0.39, 0.29) is 5.91 Å². The molecule has 0 aliphatic rings. The van der Waals surface area contributed by atoms with E-state index in [1.807, 2.05) is 14.0 Å². The SMILES string of the molecule is CCCCN(C)C(=O)c1cc(Nc2c(C)cc(C)cc2C)nc(C)n1. The van der Waals surface area contributed by atoms with E-state index < -0.39 is 0 Å². The van der Waals surface area contributed by atoms with Crippen molar-refractivity contribution in [3.05, 3.63) is 46.4 Å². The van der Waals surface area contributed by atoms with Gasteiger partial charge in [-0.15, -0.1) is 0 Å². The van der Waals surface area contributed by atoms with Crippen molar-refractivity contribution in [1.29, 1.82) is 0 Å². The number of nitrogens with zero attached hydrogens (tertiary/aromatic N) is 3. The molecule has 0 radical (unpaired) electrons. The van der Waals surface area contributed by atoms with E-state index in [4.69, 9.17) is 0 Å². The summed E-state index contributed by atoms with van der Waals surface area (Å²) >= 11 is 0. The first-order valence-corrected chi connectivity index (χ1v) is 8.77. The Morgan fingerprint density at radius 3 is 2.32 bits per heavy atom. The van der Waals surface area contributed by atoms with Crippen molar-refractivity contribution in [2.45, 2.75) is 47.5 Å². The molecule has 0 fully saturated rings. The summed E-state index contributed by atoms with van der Waals surface area (Å²) in [7, 11) is 1.82. The predicted octanol–water partition coefficient (Wildman–Crippen LogP) is 4.33. The Labute approximate surface area is 150 Å². The summed E-state index contributed by atoms with van der Waals surface area (Å²) in [5.74, 6) is 1.16. The van der Waals surface area contributed by atoms with Crippen LogP contribution in [0.3, 0.4) is 0 Å². The van der Waals surface area contributed by atoms with Gasteiger partial charge in [0.2, 0.25) is 0 Å². The van der Waals surface area contributed by atoms with Gasteiger partial charge >= 0.3 is 0 Å². The zero-order chi connectivity index (χ0) is 18.6. The second-order valence-electron chi connectivity index (χ2n) is 6.66. The van der Waals surface area contributed by atoms with E-state index in [0.717, 1.165) is 36.2 Å². The van der Waals surface area contributed by atoms with Crippen LogP contribution in [-0.2, 0) is 0 Å². The number of benzene rings is 1. The van der Waals surface area contributed by atoms with Crippen molar-refractivity contribution >= 4 is 17.4 Å². The molecule has 5 nitrogen and oxygen atoms in total. The van der Waals surface area contributed by atoms with E-state index in [2.05, 4.69) is 55.1 Å². The van der Waals surface area contributed by atoms with Gasteiger partial charge in [-0.3, -0.25) is 4.79 Å². The summed E-state index contributed by atoms with van der Waals surface area (Å²) < 4.78 is 0. The van der Waals surface area contributed by atoms with Crippen molar-refractivity contribution < 1.29 is 4.79 Å². The average molecular weight is 340 g/mol. The van der Waals surface area contributed by atoms with Gasteiger partial charge in [0.05, 0.1) is 0 Å². The van der Waals surface area contributed by atoms with Crippen LogP contribution in [0.15, 0.2) is 18.2 Å². The first-order valence-electron chi connectivity index (χ1n) is 8.77. The quantitative estimate of drug-likeness (QED) is 0.850. The maximum atomic E-state index is 12.6. The number of aromatic nitrogens is 2. The highest BCUT2D eigenvalue weighted by molar-refractivity contribution is 5.93. The predicted molar refractivity (Wildman–Crippen MR) is 103 cm³/mol. The molecule has 0 saturated heterocycles. The van der Waals surface area contributed by atoms with E-state index in [1.54, 1.807) is 11.0 Å². The molecule has 2 rings (SSSR count). The number of amides is 1. The van der Waals surface area contributed by atoms with Crippen LogP contribution in [0.5, 0.6) is 0 Å². The fourth-order valence-corrected chi connectivity index (χ4v) is 2.94. The van der Waals surface area contributed by atoms with Crippen molar-refractivity contribution in [1.82, 2.24) is 14.9 Å². The lowest BCUT2D eigenvalue weighted by molar-refractivity contribution is 0.0787. The van der Waals surface area contributed by atoms with Crippen LogP contribution >= 0.6 is 0 Å². The molecule has 134 valence electrons. The number of nitrogens with one attached hydrogen (secondary N) is 1. The molecule has 1 aromatic heterocycles. The number of carbonyl (C=O) groups excluding carboxylic acids is 1. The number of rotatable bonds is 6. The van der Waals surface area contributed by atoms with Crippen LogP contribution < -0.4 is 5.32 Å². The summed E-state index contributed by atoms with van der Waals surface area (Å²) in [6, 6.07) is 6.00. The van der Waals surface area contributed by atoms with Crippen LogP contribution in [0.25, 0.3) is 0 Å². The molecule has 1 heterocycles. The van der Waals surface area contributed by atoms with Crippen LogP contribution in [0.4, 0.5) is 11.5 Å². The van der Waals surface area contributed by atoms with Crippen LogP contribution in [0, 0.1) is 27.7 Å². The van der Waals surface area contributed by atoms with Gasteiger partial charge in [0, 0.05) is 25.3 Å². The third-order valence-corrected chi connectivity index (χ3v) is 4.18. The van der Waals surface area contributed by atoms with Gasteiger partial charge in [0.25, 0.3) is 5.91 Å². The molecule has 0 unspecified atom stereocenters. The standard InChI is InChI=1S/C20H28N4O/c1-7-8-9-24(6)20(25)17-12-18(22-16(5)21-17)23-19-14(3)10-13(2)11-15(19)4/h10-12H,7-9H2,1-6H3,(H,21,22,23). The Morgan fingerprint density at radius 2 is 1.72 bits per heavy atom. The first-order chi connectivity index (χ1) is 11.8. The second-order valence-corrected chi connectivity index (χ2v) is 6.66. The maximum absolute atomic E-state index is 12.6. The number of hydrogen-bond donors (Lipinski definition) is 1. The van der Waals surface area contributed by atoms with E-state index >= 15 is 0 Å². The molecule has 0 aliphatic carbocycles. The molecule has 2 aromatic rings.